The van der Waals surface area contributed by atoms with Gasteiger partial charge in [-0.2, -0.15) is 0 Å². The van der Waals surface area contributed by atoms with Gasteiger partial charge < -0.3 is 10.2 Å². The average Bonchev–Trinajstić information content (AvgIpc) is 2.82. The number of benzene rings is 2. The lowest BCUT2D eigenvalue weighted by Gasteiger charge is -2.32. The molecule has 0 saturated heterocycles. The normalized spacial score (nSPS) is 13.1. The van der Waals surface area contributed by atoms with Gasteiger partial charge in [-0.15, -0.1) is 0 Å². The molecule has 0 saturated carbocycles. The van der Waals surface area contributed by atoms with Crippen LogP contribution in [0.5, 0.6) is 0 Å². The van der Waals surface area contributed by atoms with Crippen molar-refractivity contribution in [3.8, 4) is 0 Å². The number of nitrogens with zero attached hydrogens (tertiary/aromatic N) is 2. The van der Waals surface area contributed by atoms with Crippen LogP contribution < -0.4 is 9.62 Å². The summed E-state index contributed by atoms with van der Waals surface area (Å²) in [4.78, 5) is 28.0. The van der Waals surface area contributed by atoms with E-state index in [0.717, 1.165) is 40.2 Å². The Labute approximate surface area is 218 Å². The molecule has 10 heteroatoms. The molecule has 0 heterocycles. The van der Waals surface area contributed by atoms with Gasteiger partial charge in [0, 0.05) is 31.6 Å². The summed E-state index contributed by atoms with van der Waals surface area (Å²) in [6, 6.07) is 9.79. The number of sulfonamides is 1. The summed E-state index contributed by atoms with van der Waals surface area (Å²) in [5, 5.41) is 2.95. The Morgan fingerprint density at radius 2 is 1.73 bits per heavy atom. The van der Waals surface area contributed by atoms with Crippen molar-refractivity contribution in [3.05, 3.63) is 65.2 Å². The van der Waals surface area contributed by atoms with Gasteiger partial charge in [-0.3, -0.25) is 13.9 Å². The lowest BCUT2D eigenvalue weighted by molar-refractivity contribution is -0.141. The average molecular weight is 538 g/mol. The maximum atomic E-state index is 13.7. The number of anilines is 1. The molecule has 0 radical (unpaired) electrons. The highest BCUT2D eigenvalue weighted by atomic mass is 32.2. The van der Waals surface area contributed by atoms with Crippen LogP contribution in [0.15, 0.2) is 42.5 Å². The minimum atomic E-state index is -3.81. The maximum Gasteiger partial charge on any atom is 0.243 e. The summed E-state index contributed by atoms with van der Waals surface area (Å²) in [5.74, 6) is -2.78. The van der Waals surface area contributed by atoms with Crippen molar-refractivity contribution < 1.29 is 26.8 Å². The van der Waals surface area contributed by atoms with Crippen molar-refractivity contribution in [2.75, 3.05) is 17.1 Å². The fourth-order valence-corrected chi connectivity index (χ4v) is 4.97. The van der Waals surface area contributed by atoms with Gasteiger partial charge in [-0.05, 0) is 50.8 Å². The first-order chi connectivity index (χ1) is 17.4. The van der Waals surface area contributed by atoms with Gasteiger partial charge in [0.15, 0.2) is 11.6 Å². The number of halogens is 2. The monoisotopic (exact) mass is 537 g/mol. The molecule has 0 aliphatic carbocycles. The first-order valence-electron chi connectivity index (χ1n) is 12.5. The van der Waals surface area contributed by atoms with Crippen molar-refractivity contribution in [2.45, 2.75) is 72.0 Å². The van der Waals surface area contributed by atoms with Crippen LogP contribution in [0.3, 0.4) is 0 Å². The molecule has 7 nitrogen and oxygen atoms in total. The number of nitrogens with one attached hydrogen (secondary N) is 1. The third-order valence-corrected chi connectivity index (χ3v) is 7.36. The van der Waals surface area contributed by atoms with Crippen LogP contribution in [0.25, 0.3) is 0 Å². The Morgan fingerprint density at radius 1 is 1.03 bits per heavy atom. The Bertz CT molecular complexity index is 1190. The largest absolute Gasteiger partial charge is 0.352 e. The summed E-state index contributed by atoms with van der Waals surface area (Å²) in [7, 11) is -3.81. The molecule has 0 fully saturated rings. The molecular weight excluding hydrogens is 500 g/mol. The van der Waals surface area contributed by atoms with Crippen molar-refractivity contribution >= 4 is 27.5 Å². The number of aryl methyl sites for hydroxylation is 1. The van der Waals surface area contributed by atoms with Gasteiger partial charge in [0.2, 0.25) is 21.8 Å². The van der Waals surface area contributed by atoms with Crippen molar-refractivity contribution in [1.82, 2.24) is 10.2 Å². The molecule has 2 aromatic carbocycles. The molecule has 37 heavy (non-hydrogen) atoms. The smallest absolute Gasteiger partial charge is 0.243 e. The zero-order chi connectivity index (χ0) is 27.8. The first-order valence-corrected chi connectivity index (χ1v) is 14.3. The Kier molecular flexibility index (Phi) is 11.0. The molecular formula is C27H37F2N3O4S. The SMILES string of the molecule is CC[C@H](C)NC(=O)[C@H](CC)N(Cc1cccc(C)c1)C(=O)CCCN(c1ccc(F)c(F)c1)S(C)(=O)=O. The van der Waals surface area contributed by atoms with Gasteiger partial charge in [-0.1, -0.05) is 43.7 Å². The highest BCUT2D eigenvalue weighted by Gasteiger charge is 2.29. The molecule has 2 amide bonds. The number of rotatable bonds is 13. The quantitative estimate of drug-likeness (QED) is 0.406. The lowest BCUT2D eigenvalue weighted by Crippen LogP contribution is -2.50. The fourth-order valence-electron chi connectivity index (χ4n) is 4.01. The van der Waals surface area contributed by atoms with Gasteiger partial charge >= 0.3 is 0 Å². The van der Waals surface area contributed by atoms with Crippen LogP contribution in [-0.2, 0) is 26.2 Å². The van der Waals surface area contributed by atoms with E-state index in [1.165, 1.54) is 11.0 Å². The van der Waals surface area contributed by atoms with Crippen LogP contribution in [0.4, 0.5) is 14.5 Å². The van der Waals surface area contributed by atoms with E-state index in [2.05, 4.69) is 5.32 Å². The second kappa shape index (κ2) is 13.5. The Morgan fingerprint density at radius 3 is 2.30 bits per heavy atom. The molecule has 0 aromatic heterocycles. The van der Waals surface area contributed by atoms with Crippen LogP contribution >= 0.6 is 0 Å². The van der Waals surface area contributed by atoms with E-state index in [1.54, 1.807) is 0 Å². The number of hydrogen-bond donors (Lipinski definition) is 1. The van der Waals surface area contributed by atoms with Crippen molar-refractivity contribution in [2.24, 2.45) is 0 Å². The van der Waals surface area contributed by atoms with Gasteiger partial charge in [0.1, 0.15) is 6.04 Å². The van der Waals surface area contributed by atoms with Crippen molar-refractivity contribution in [3.63, 3.8) is 0 Å². The molecule has 0 aliphatic heterocycles. The Balaban J connectivity index is 2.24. The summed E-state index contributed by atoms with van der Waals surface area (Å²) in [6.07, 6.45) is 2.21. The standard InChI is InChI=1S/C27H37F2N3O4S/c1-6-20(4)30-27(34)25(7-2)31(18-21-11-8-10-19(3)16-21)26(33)12-9-15-32(37(5,35)36)22-13-14-23(28)24(29)17-22/h8,10-11,13-14,16-17,20,25H,6-7,9,12,15,18H2,1-5H3,(H,30,34)/t20-,25-/m0/s1. The van der Waals surface area contributed by atoms with Crippen LogP contribution in [0, 0.1) is 18.6 Å². The molecule has 204 valence electrons. The predicted molar refractivity (Wildman–Crippen MR) is 141 cm³/mol. The number of hydrogen-bond acceptors (Lipinski definition) is 4. The third kappa shape index (κ3) is 8.80. The molecule has 2 atom stereocenters. The van der Waals surface area contributed by atoms with E-state index in [4.69, 9.17) is 0 Å². The zero-order valence-electron chi connectivity index (χ0n) is 22.1. The van der Waals surface area contributed by atoms with E-state index < -0.39 is 27.7 Å². The zero-order valence-corrected chi connectivity index (χ0v) is 22.9. The minimum Gasteiger partial charge on any atom is -0.352 e. The van der Waals surface area contributed by atoms with Crippen LogP contribution in [-0.4, -0.2) is 50.0 Å². The van der Waals surface area contributed by atoms with Crippen LogP contribution in [0.1, 0.15) is 57.6 Å². The van der Waals surface area contributed by atoms with E-state index in [9.17, 15) is 26.8 Å². The highest BCUT2D eigenvalue weighted by molar-refractivity contribution is 7.92. The number of carbonyl (C=O) groups excluding carboxylic acids is 2. The molecule has 0 unspecified atom stereocenters. The summed E-state index contributed by atoms with van der Waals surface area (Å²) < 4.78 is 52.7. The van der Waals surface area contributed by atoms with E-state index >= 15 is 0 Å². The molecule has 0 bridgehead atoms. The minimum absolute atomic E-state index is 0.0233. The maximum absolute atomic E-state index is 13.7. The molecule has 0 spiro atoms. The van der Waals surface area contributed by atoms with E-state index in [1.807, 2.05) is 52.0 Å². The predicted octanol–water partition coefficient (Wildman–Crippen LogP) is 4.54. The van der Waals surface area contributed by atoms with E-state index in [0.29, 0.717) is 6.42 Å². The van der Waals surface area contributed by atoms with Gasteiger partial charge in [0.25, 0.3) is 0 Å². The second-order valence-electron chi connectivity index (χ2n) is 9.29. The number of carbonyl (C=O) groups is 2. The van der Waals surface area contributed by atoms with Gasteiger partial charge in [0.05, 0.1) is 11.9 Å². The molecule has 2 rings (SSSR count). The first kappa shape index (κ1) is 30.2. The summed E-state index contributed by atoms with van der Waals surface area (Å²) in [6.45, 7) is 7.76. The number of amides is 2. The second-order valence-corrected chi connectivity index (χ2v) is 11.2. The molecule has 0 aliphatic rings. The summed E-state index contributed by atoms with van der Waals surface area (Å²) in [5.41, 5.74) is 1.88. The summed E-state index contributed by atoms with van der Waals surface area (Å²) >= 11 is 0. The molecule has 1 N–H and O–H groups in total. The fraction of sp³-hybridized carbons (Fsp3) is 0.481. The lowest BCUT2D eigenvalue weighted by atomic mass is 10.1. The Hall–Kier alpha value is -3.01. The highest BCUT2D eigenvalue weighted by Crippen LogP contribution is 2.22. The van der Waals surface area contributed by atoms with Crippen molar-refractivity contribution in [1.29, 1.82) is 0 Å². The topological polar surface area (TPSA) is 86.8 Å². The van der Waals surface area contributed by atoms with Gasteiger partial charge in [-0.25, -0.2) is 17.2 Å². The van der Waals surface area contributed by atoms with E-state index in [-0.39, 0.29) is 49.5 Å². The molecule has 2 aromatic rings. The van der Waals surface area contributed by atoms with Crippen LogP contribution in [0.2, 0.25) is 0 Å². The third-order valence-electron chi connectivity index (χ3n) is 6.17.